The largest absolute Gasteiger partial charge is 0.427 e. The fourth-order valence-corrected chi connectivity index (χ4v) is 6.01. The van der Waals surface area contributed by atoms with Gasteiger partial charge in [0.15, 0.2) is 11.6 Å². The van der Waals surface area contributed by atoms with E-state index in [2.05, 4.69) is 6.92 Å². The molecule has 0 saturated heterocycles. The number of rotatable bonds is 11. The van der Waals surface area contributed by atoms with Gasteiger partial charge in [-0.05, 0) is 66.7 Å². The van der Waals surface area contributed by atoms with Gasteiger partial charge in [-0.1, -0.05) is 95.9 Å². The molecule has 4 rings (SSSR count). The van der Waals surface area contributed by atoms with Gasteiger partial charge < -0.3 is 4.74 Å². The van der Waals surface area contributed by atoms with Gasteiger partial charge >= 0.3 is 6.11 Å². The Morgan fingerprint density at radius 1 is 0.829 bits per heavy atom. The summed E-state index contributed by atoms with van der Waals surface area (Å²) in [6.07, 6.45) is 13.5. The van der Waals surface area contributed by atoms with Crippen molar-refractivity contribution in [2.24, 2.45) is 5.92 Å². The number of benzene rings is 2. The molecule has 2 aromatic carbocycles. The molecule has 0 amide bonds. The number of aryl methyl sites for hydroxylation is 1. The lowest BCUT2D eigenvalue weighted by molar-refractivity contribution is -0.188. The Kier molecular flexibility index (Phi) is 8.83. The Labute approximate surface area is 209 Å². The summed E-state index contributed by atoms with van der Waals surface area (Å²) in [7, 11) is 0. The Morgan fingerprint density at radius 3 is 2.17 bits per heavy atom. The number of unbranched alkanes of at least 4 members (excludes halogenated alkanes) is 7. The van der Waals surface area contributed by atoms with Gasteiger partial charge in [-0.15, -0.1) is 0 Å². The van der Waals surface area contributed by atoms with Crippen molar-refractivity contribution in [1.29, 1.82) is 0 Å². The average molecular weight is 487 g/mol. The zero-order valence-corrected chi connectivity index (χ0v) is 21.5. The fourth-order valence-electron chi connectivity index (χ4n) is 6.01. The molecule has 0 aromatic heterocycles. The third-order valence-electron chi connectivity index (χ3n) is 8.22. The van der Waals surface area contributed by atoms with Gasteiger partial charge in [-0.3, -0.25) is 0 Å². The van der Waals surface area contributed by atoms with E-state index in [4.69, 9.17) is 4.74 Å². The second-order valence-corrected chi connectivity index (χ2v) is 10.7. The maximum Gasteiger partial charge on any atom is 0.427 e. The summed E-state index contributed by atoms with van der Waals surface area (Å²) in [6.45, 7) is 4.06. The number of alkyl halides is 2. The molecule has 1 fully saturated rings. The van der Waals surface area contributed by atoms with Crippen LogP contribution in [-0.2, 0) is 12.5 Å². The third-order valence-corrected chi connectivity index (χ3v) is 8.22. The monoisotopic (exact) mass is 486 g/mol. The van der Waals surface area contributed by atoms with Crippen LogP contribution in [0.3, 0.4) is 0 Å². The first-order chi connectivity index (χ1) is 16.9. The molecular formula is C31H41F3O. The molecule has 1 aliphatic heterocycles. The van der Waals surface area contributed by atoms with E-state index >= 15 is 8.78 Å². The van der Waals surface area contributed by atoms with Crippen LogP contribution in [0.4, 0.5) is 13.2 Å². The van der Waals surface area contributed by atoms with Crippen LogP contribution < -0.4 is 4.74 Å². The average Bonchev–Trinajstić information content (AvgIpc) is 2.86. The Morgan fingerprint density at radius 2 is 1.49 bits per heavy atom. The summed E-state index contributed by atoms with van der Waals surface area (Å²) in [4.78, 5) is 0. The zero-order chi connectivity index (χ0) is 24.8. The Balaban J connectivity index is 1.34. The maximum atomic E-state index is 15.0. The lowest BCUT2D eigenvalue weighted by Crippen LogP contribution is -2.27. The summed E-state index contributed by atoms with van der Waals surface area (Å²) in [5.41, 5.74) is 2.02. The first-order valence-corrected chi connectivity index (χ1v) is 14.0. The number of fused-ring (bicyclic) bond motifs is 3. The van der Waals surface area contributed by atoms with E-state index in [-0.39, 0.29) is 11.3 Å². The number of ether oxygens (including phenoxy) is 1. The van der Waals surface area contributed by atoms with Gasteiger partial charge in [-0.2, -0.15) is 8.78 Å². The predicted octanol–water partition coefficient (Wildman–Crippen LogP) is 10.3. The Bertz CT molecular complexity index is 975. The van der Waals surface area contributed by atoms with Crippen molar-refractivity contribution >= 4 is 0 Å². The molecule has 0 unspecified atom stereocenters. The maximum absolute atomic E-state index is 15.0. The summed E-state index contributed by atoms with van der Waals surface area (Å²) in [6, 6.07) is 8.72. The SMILES string of the molecule is CCCCCCCCCCC1CCC(c2ccc3c(c2)C(F)(F)Oc2c-3ccc(CC)c2F)CC1. The molecule has 2 aromatic rings. The lowest BCUT2D eigenvalue weighted by atomic mass is 9.76. The van der Waals surface area contributed by atoms with E-state index in [1.54, 1.807) is 31.2 Å². The standard InChI is InChI=1S/C31H41F3O/c1-3-5-6-7-8-9-10-11-12-22-13-15-24(16-14-22)25-18-19-26-27-20-17-23(4-2)29(32)30(27)35-31(33,34)28(26)21-25/h17-22,24H,3-16H2,1-2H3. The normalized spacial score (nSPS) is 20.7. The quantitative estimate of drug-likeness (QED) is 0.287. The second kappa shape index (κ2) is 11.8. The van der Waals surface area contributed by atoms with Crippen molar-refractivity contribution in [3.8, 4) is 16.9 Å². The van der Waals surface area contributed by atoms with Gasteiger partial charge in [0.05, 0.1) is 5.56 Å². The molecule has 0 radical (unpaired) electrons. The molecule has 1 saturated carbocycles. The van der Waals surface area contributed by atoms with Crippen LogP contribution in [-0.4, -0.2) is 0 Å². The molecule has 0 spiro atoms. The molecular weight excluding hydrogens is 445 g/mol. The van der Waals surface area contributed by atoms with E-state index in [0.29, 0.717) is 29.0 Å². The van der Waals surface area contributed by atoms with Crippen molar-refractivity contribution in [1.82, 2.24) is 0 Å². The van der Waals surface area contributed by atoms with Gasteiger partial charge in [0, 0.05) is 5.56 Å². The van der Waals surface area contributed by atoms with Crippen LogP contribution in [0.2, 0.25) is 0 Å². The van der Waals surface area contributed by atoms with Gasteiger partial charge in [0.2, 0.25) is 0 Å². The molecule has 35 heavy (non-hydrogen) atoms. The van der Waals surface area contributed by atoms with Crippen LogP contribution in [0.25, 0.3) is 11.1 Å². The first-order valence-electron chi connectivity index (χ1n) is 14.0. The Hall–Kier alpha value is -1.97. The van der Waals surface area contributed by atoms with E-state index < -0.39 is 11.9 Å². The zero-order valence-electron chi connectivity index (χ0n) is 21.5. The smallest absolute Gasteiger partial charge is 0.425 e. The molecule has 0 N–H and O–H groups in total. The topological polar surface area (TPSA) is 9.23 Å². The van der Waals surface area contributed by atoms with Crippen molar-refractivity contribution in [3.63, 3.8) is 0 Å². The molecule has 4 heteroatoms. The third kappa shape index (κ3) is 6.06. The second-order valence-electron chi connectivity index (χ2n) is 10.7. The summed E-state index contributed by atoms with van der Waals surface area (Å²) in [5.74, 6) is 0.0909. The van der Waals surface area contributed by atoms with Gasteiger partial charge in [0.25, 0.3) is 0 Å². The minimum absolute atomic E-state index is 0.132. The van der Waals surface area contributed by atoms with Gasteiger partial charge in [0.1, 0.15) is 0 Å². The minimum Gasteiger partial charge on any atom is -0.425 e. The molecule has 1 aliphatic carbocycles. The van der Waals surface area contributed by atoms with Crippen LogP contribution >= 0.6 is 0 Å². The highest BCUT2D eigenvalue weighted by atomic mass is 19.3. The highest BCUT2D eigenvalue weighted by Gasteiger charge is 2.43. The van der Waals surface area contributed by atoms with Crippen molar-refractivity contribution < 1.29 is 17.9 Å². The summed E-state index contributed by atoms with van der Waals surface area (Å²) < 4.78 is 49.7. The molecule has 1 nitrogen and oxygen atoms in total. The van der Waals surface area contributed by atoms with E-state index in [1.165, 1.54) is 70.6 Å². The van der Waals surface area contributed by atoms with E-state index in [9.17, 15) is 4.39 Å². The highest BCUT2D eigenvalue weighted by Crippen LogP contribution is 2.50. The van der Waals surface area contributed by atoms with E-state index in [1.807, 2.05) is 6.07 Å². The number of hydrogen-bond acceptors (Lipinski definition) is 1. The van der Waals surface area contributed by atoms with Gasteiger partial charge in [-0.25, -0.2) is 4.39 Å². The van der Waals surface area contributed by atoms with Crippen LogP contribution in [0.5, 0.6) is 5.75 Å². The summed E-state index contributed by atoms with van der Waals surface area (Å²) in [5, 5.41) is 0. The molecule has 0 atom stereocenters. The number of halogens is 3. The van der Waals surface area contributed by atoms with Crippen LogP contribution in [0, 0.1) is 11.7 Å². The molecule has 2 aliphatic rings. The minimum atomic E-state index is -3.53. The van der Waals surface area contributed by atoms with Crippen LogP contribution in [0.1, 0.15) is 120 Å². The lowest BCUT2D eigenvalue weighted by Gasteiger charge is -2.32. The highest BCUT2D eigenvalue weighted by molar-refractivity contribution is 5.77. The molecule has 0 bridgehead atoms. The number of hydrogen-bond donors (Lipinski definition) is 0. The van der Waals surface area contributed by atoms with Crippen molar-refractivity contribution in [2.75, 3.05) is 0 Å². The predicted molar refractivity (Wildman–Crippen MR) is 138 cm³/mol. The first kappa shape index (κ1) is 26.1. The summed E-state index contributed by atoms with van der Waals surface area (Å²) >= 11 is 0. The van der Waals surface area contributed by atoms with Crippen molar-refractivity contribution in [2.45, 2.75) is 116 Å². The van der Waals surface area contributed by atoms with Crippen molar-refractivity contribution in [3.05, 3.63) is 52.8 Å². The van der Waals surface area contributed by atoms with Crippen LogP contribution in [0.15, 0.2) is 30.3 Å². The fraction of sp³-hybridized carbons (Fsp3) is 0.613. The molecule has 192 valence electrons. The molecule has 1 heterocycles. The van der Waals surface area contributed by atoms with E-state index in [0.717, 1.165) is 24.3 Å².